The predicted molar refractivity (Wildman–Crippen MR) is 68.1 cm³/mol. The van der Waals surface area contributed by atoms with Gasteiger partial charge in [0.1, 0.15) is 0 Å². The third-order valence-electron chi connectivity index (χ3n) is 2.10. The maximum Gasteiger partial charge on any atom is -0.00998 e. The van der Waals surface area contributed by atoms with Gasteiger partial charge in [-0.15, -0.1) is 13.2 Å². The lowest BCUT2D eigenvalue weighted by molar-refractivity contribution is 1.22. The molecule has 0 bridgehead atoms. The summed E-state index contributed by atoms with van der Waals surface area (Å²) in [5, 5.41) is 1.43. The molecular weight excluding hydrogens is 187 g/mol. The Morgan fingerprint density at radius 3 is 1.93 bits per heavy atom. The quantitative estimate of drug-likeness (QED) is 0.510. The van der Waals surface area contributed by atoms with Crippen LogP contribution in [0.1, 0.15) is 11.1 Å². The van der Waals surface area contributed by atoms with E-state index in [9.17, 15) is 0 Å². The summed E-state index contributed by atoms with van der Waals surface area (Å²) in [7, 11) is 0.863. The van der Waals surface area contributed by atoms with Crippen molar-refractivity contribution in [2.75, 3.05) is 6.66 Å². The zero-order chi connectivity index (χ0) is 10.4. The Hall–Kier alpha value is -0.870. The van der Waals surface area contributed by atoms with Crippen LogP contribution in [0.5, 0.6) is 0 Å². The average Bonchev–Trinajstić information content (AvgIpc) is 2.18. The van der Waals surface area contributed by atoms with Crippen molar-refractivity contribution >= 4 is 13.9 Å². The molecule has 1 aromatic carbocycles. The SMILES string of the molecule is C=CCc1cc(CC=C)cc(PC)c1. The molecule has 0 aliphatic carbocycles. The van der Waals surface area contributed by atoms with Gasteiger partial charge < -0.3 is 0 Å². The number of allylic oxidation sites excluding steroid dienone is 2. The average molecular weight is 204 g/mol. The minimum absolute atomic E-state index is 0.863. The normalized spacial score (nSPS) is 10.6. The maximum atomic E-state index is 3.77. The van der Waals surface area contributed by atoms with Crippen molar-refractivity contribution in [2.45, 2.75) is 12.8 Å². The monoisotopic (exact) mass is 204 g/mol. The van der Waals surface area contributed by atoms with Gasteiger partial charge in [-0.25, -0.2) is 0 Å². The summed E-state index contributed by atoms with van der Waals surface area (Å²) in [6.07, 6.45) is 5.83. The second kappa shape index (κ2) is 5.78. The van der Waals surface area contributed by atoms with Crippen LogP contribution < -0.4 is 5.30 Å². The van der Waals surface area contributed by atoms with Gasteiger partial charge in [-0.1, -0.05) is 38.9 Å². The summed E-state index contributed by atoms with van der Waals surface area (Å²) in [5.74, 6) is 0. The first-order chi connectivity index (χ1) is 6.80. The first kappa shape index (κ1) is 11.2. The summed E-state index contributed by atoms with van der Waals surface area (Å²) in [6, 6.07) is 6.78. The van der Waals surface area contributed by atoms with Crippen molar-refractivity contribution in [1.82, 2.24) is 0 Å². The summed E-state index contributed by atoms with van der Waals surface area (Å²) in [5.41, 5.74) is 2.73. The van der Waals surface area contributed by atoms with Crippen LogP contribution >= 0.6 is 8.58 Å². The Morgan fingerprint density at radius 2 is 1.57 bits per heavy atom. The number of hydrogen-bond donors (Lipinski definition) is 0. The van der Waals surface area contributed by atoms with E-state index in [1.165, 1.54) is 16.4 Å². The van der Waals surface area contributed by atoms with Gasteiger partial charge in [0.05, 0.1) is 0 Å². The van der Waals surface area contributed by atoms with E-state index >= 15 is 0 Å². The van der Waals surface area contributed by atoms with Crippen molar-refractivity contribution in [1.29, 1.82) is 0 Å². The van der Waals surface area contributed by atoms with E-state index < -0.39 is 0 Å². The first-order valence-electron chi connectivity index (χ1n) is 4.82. The molecule has 0 aliphatic rings. The molecule has 0 saturated carbocycles. The number of benzene rings is 1. The molecule has 0 fully saturated rings. The Morgan fingerprint density at radius 1 is 1.07 bits per heavy atom. The Balaban J connectivity index is 2.99. The van der Waals surface area contributed by atoms with Crippen LogP contribution in [-0.2, 0) is 12.8 Å². The highest BCUT2D eigenvalue weighted by atomic mass is 31.1. The van der Waals surface area contributed by atoms with Gasteiger partial charge >= 0.3 is 0 Å². The van der Waals surface area contributed by atoms with Crippen LogP contribution in [0.2, 0.25) is 0 Å². The summed E-state index contributed by atoms with van der Waals surface area (Å²) in [6.45, 7) is 9.75. The van der Waals surface area contributed by atoms with E-state index in [0.29, 0.717) is 0 Å². The summed E-state index contributed by atoms with van der Waals surface area (Å²) < 4.78 is 0. The van der Waals surface area contributed by atoms with Crippen LogP contribution in [0.25, 0.3) is 0 Å². The van der Waals surface area contributed by atoms with Gasteiger partial charge in [0.2, 0.25) is 0 Å². The highest BCUT2D eigenvalue weighted by molar-refractivity contribution is 7.46. The molecule has 1 atom stereocenters. The van der Waals surface area contributed by atoms with Crippen LogP contribution in [0, 0.1) is 0 Å². The smallest absolute Gasteiger partial charge is 0.00998 e. The number of rotatable bonds is 5. The molecule has 0 saturated heterocycles. The lowest BCUT2D eigenvalue weighted by Gasteiger charge is -2.05. The van der Waals surface area contributed by atoms with Crippen molar-refractivity contribution in [3.05, 3.63) is 54.6 Å². The number of hydrogen-bond acceptors (Lipinski definition) is 0. The van der Waals surface area contributed by atoms with Gasteiger partial charge in [0.25, 0.3) is 0 Å². The van der Waals surface area contributed by atoms with Crippen LogP contribution in [0.3, 0.4) is 0 Å². The lowest BCUT2D eigenvalue weighted by atomic mass is 10.1. The summed E-state index contributed by atoms with van der Waals surface area (Å²) >= 11 is 0. The standard InChI is InChI=1S/C13H17P/c1-4-6-11-8-12(7-5-2)10-13(9-11)14-3/h4-5,8-10,14H,1-2,6-7H2,3H3. The zero-order valence-electron chi connectivity index (χ0n) is 8.72. The molecule has 1 rings (SSSR count). The van der Waals surface area contributed by atoms with Gasteiger partial charge in [0.15, 0.2) is 0 Å². The van der Waals surface area contributed by atoms with E-state index in [1.54, 1.807) is 0 Å². The van der Waals surface area contributed by atoms with Crippen LogP contribution in [0.15, 0.2) is 43.5 Å². The molecule has 0 N–H and O–H groups in total. The van der Waals surface area contributed by atoms with Crippen molar-refractivity contribution in [3.8, 4) is 0 Å². The summed E-state index contributed by atoms with van der Waals surface area (Å²) in [4.78, 5) is 0. The van der Waals surface area contributed by atoms with Crippen molar-refractivity contribution in [2.24, 2.45) is 0 Å². The fraction of sp³-hybridized carbons (Fsp3) is 0.231. The van der Waals surface area contributed by atoms with E-state index in [-0.39, 0.29) is 0 Å². The molecule has 0 heterocycles. The highest BCUT2D eigenvalue weighted by Gasteiger charge is 1.97. The molecule has 1 heteroatoms. The van der Waals surface area contributed by atoms with E-state index in [1.807, 2.05) is 12.2 Å². The molecule has 0 amide bonds. The topological polar surface area (TPSA) is 0 Å². The molecule has 1 aromatic rings. The Kier molecular flexibility index (Phi) is 4.62. The first-order valence-corrected chi connectivity index (χ1v) is 6.32. The molecule has 0 radical (unpaired) electrons. The van der Waals surface area contributed by atoms with Crippen LogP contribution in [-0.4, -0.2) is 6.66 Å². The Labute approximate surface area is 88.5 Å². The molecule has 74 valence electrons. The minimum Gasteiger partial charge on any atom is -0.103 e. The Bertz CT molecular complexity index is 298. The zero-order valence-corrected chi connectivity index (χ0v) is 9.72. The molecular formula is C13H17P. The minimum atomic E-state index is 0.863. The molecule has 1 unspecified atom stereocenters. The van der Waals surface area contributed by atoms with Crippen molar-refractivity contribution < 1.29 is 0 Å². The maximum absolute atomic E-state index is 3.77. The highest BCUT2D eigenvalue weighted by Crippen LogP contribution is 2.12. The fourth-order valence-electron chi connectivity index (χ4n) is 1.48. The molecule has 0 aromatic heterocycles. The molecule has 14 heavy (non-hydrogen) atoms. The van der Waals surface area contributed by atoms with Gasteiger partial charge in [-0.05, 0) is 35.9 Å². The predicted octanol–water partition coefficient (Wildman–Crippen LogP) is 3.08. The van der Waals surface area contributed by atoms with E-state index in [4.69, 9.17) is 0 Å². The van der Waals surface area contributed by atoms with E-state index in [0.717, 1.165) is 21.4 Å². The third-order valence-corrected chi connectivity index (χ3v) is 2.97. The van der Waals surface area contributed by atoms with Gasteiger partial charge in [-0.3, -0.25) is 0 Å². The second-order valence-corrected chi connectivity index (χ2v) is 4.35. The van der Waals surface area contributed by atoms with Gasteiger partial charge in [0, 0.05) is 0 Å². The third kappa shape index (κ3) is 3.12. The molecule has 0 aliphatic heterocycles. The fourth-order valence-corrected chi connectivity index (χ4v) is 2.14. The molecule has 0 spiro atoms. The second-order valence-electron chi connectivity index (χ2n) is 3.27. The van der Waals surface area contributed by atoms with Crippen molar-refractivity contribution in [3.63, 3.8) is 0 Å². The largest absolute Gasteiger partial charge is 0.103 e. The molecule has 0 nitrogen and oxygen atoms in total. The van der Waals surface area contributed by atoms with Gasteiger partial charge in [-0.2, -0.15) is 0 Å². The van der Waals surface area contributed by atoms with Crippen LogP contribution in [0.4, 0.5) is 0 Å². The lowest BCUT2D eigenvalue weighted by Crippen LogP contribution is -1.99. The van der Waals surface area contributed by atoms with E-state index in [2.05, 4.69) is 38.0 Å².